The summed E-state index contributed by atoms with van der Waals surface area (Å²) in [4.78, 5) is 0. The summed E-state index contributed by atoms with van der Waals surface area (Å²) in [5.74, 6) is 0.345. The van der Waals surface area contributed by atoms with Crippen molar-refractivity contribution in [1.82, 2.24) is 9.78 Å². The molecule has 0 spiro atoms. The van der Waals surface area contributed by atoms with E-state index in [9.17, 15) is 0 Å². The number of nitrogens with two attached hydrogens (primary N) is 2. The van der Waals surface area contributed by atoms with Crippen molar-refractivity contribution in [2.24, 2.45) is 0 Å². The predicted molar refractivity (Wildman–Crippen MR) is 62.1 cm³/mol. The molecular formula is C10H8ClN5. The zero-order valence-electron chi connectivity index (χ0n) is 8.18. The molecule has 0 fully saturated rings. The third-order valence-corrected chi connectivity index (χ3v) is 2.38. The van der Waals surface area contributed by atoms with Crippen LogP contribution in [0.1, 0.15) is 5.56 Å². The number of nitrogen functional groups attached to an aromatic ring is 2. The number of hydrogen-bond donors (Lipinski definition) is 2. The van der Waals surface area contributed by atoms with Gasteiger partial charge in [0, 0.05) is 5.02 Å². The lowest BCUT2D eigenvalue weighted by Crippen LogP contribution is -2.02. The van der Waals surface area contributed by atoms with Crippen molar-refractivity contribution < 1.29 is 0 Å². The molecule has 0 bridgehead atoms. The van der Waals surface area contributed by atoms with Crippen LogP contribution in [0.2, 0.25) is 5.02 Å². The van der Waals surface area contributed by atoms with E-state index in [0.717, 1.165) is 0 Å². The van der Waals surface area contributed by atoms with Gasteiger partial charge in [0.15, 0.2) is 5.82 Å². The molecular weight excluding hydrogens is 226 g/mol. The van der Waals surface area contributed by atoms with E-state index in [2.05, 4.69) is 5.10 Å². The lowest BCUT2D eigenvalue weighted by Gasteiger charge is -2.03. The SMILES string of the molecule is N#Cc1c(N)nn(-c2ccc(Cl)cc2)c1N. The number of halogens is 1. The molecule has 0 aliphatic heterocycles. The van der Waals surface area contributed by atoms with Crippen LogP contribution < -0.4 is 11.5 Å². The molecule has 0 saturated carbocycles. The second-order valence-corrected chi connectivity index (χ2v) is 3.58. The van der Waals surface area contributed by atoms with E-state index in [4.69, 9.17) is 28.3 Å². The lowest BCUT2D eigenvalue weighted by atomic mass is 10.3. The Labute approximate surface area is 96.8 Å². The molecule has 16 heavy (non-hydrogen) atoms. The van der Waals surface area contributed by atoms with Crippen LogP contribution in [0.3, 0.4) is 0 Å². The van der Waals surface area contributed by atoms with Crippen molar-refractivity contribution in [3.8, 4) is 11.8 Å². The van der Waals surface area contributed by atoms with Gasteiger partial charge in [-0.3, -0.25) is 0 Å². The van der Waals surface area contributed by atoms with Gasteiger partial charge in [0.1, 0.15) is 17.5 Å². The largest absolute Gasteiger partial charge is 0.382 e. The zero-order chi connectivity index (χ0) is 11.7. The van der Waals surface area contributed by atoms with Gasteiger partial charge in [-0.25, -0.2) is 4.68 Å². The maximum absolute atomic E-state index is 8.82. The van der Waals surface area contributed by atoms with E-state index < -0.39 is 0 Å². The van der Waals surface area contributed by atoms with Gasteiger partial charge in [-0.2, -0.15) is 5.26 Å². The minimum absolute atomic E-state index is 0.120. The van der Waals surface area contributed by atoms with Gasteiger partial charge in [0.2, 0.25) is 0 Å². The summed E-state index contributed by atoms with van der Waals surface area (Å²) >= 11 is 5.76. The highest BCUT2D eigenvalue weighted by molar-refractivity contribution is 6.30. The van der Waals surface area contributed by atoms with Crippen LogP contribution in [0.15, 0.2) is 24.3 Å². The van der Waals surface area contributed by atoms with Crippen molar-refractivity contribution in [3.63, 3.8) is 0 Å². The molecule has 1 heterocycles. The van der Waals surface area contributed by atoms with E-state index >= 15 is 0 Å². The number of anilines is 2. The summed E-state index contributed by atoms with van der Waals surface area (Å²) < 4.78 is 1.41. The number of hydrogen-bond acceptors (Lipinski definition) is 4. The molecule has 6 heteroatoms. The van der Waals surface area contributed by atoms with Crippen LogP contribution in [-0.4, -0.2) is 9.78 Å². The normalized spacial score (nSPS) is 10.0. The molecule has 4 N–H and O–H groups in total. The number of aromatic nitrogens is 2. The molecule has 0 aliphatic carbocycles. The highest BCUT2D eigenvalue weighted by Crippen LogP contribution is 2.22. The summed E-state index contributed by atoms with van der Waals surface area (Å²) in [6, 6.07) is 8.81. The monoisotopic (exact) mass is 233 g/mol. The Morgan fingerprint density at radius 2 is 1.88 bits per heavy atom. The van der Waals surface area contributed by atoms with Gasteiger partial charge in [0.05, 0.1) is 5.69 Å². The van der Waals surface area contributed by atoms with Crippen LogP contribution in [0.4, 0.5) is 11.6 Å². The molecule has 2 rings (SSSR count). The first-order chi connectivity index (χ1) is 7.63. The predicted octanol–water partition coefficient (Wildman–Crippen LogP) is 1.56. The molecule has 5 nitrogen and oxygen atoms in total. The molecule has 2 aromatic rings. The number of nitriles is 1. The van der Waals surface area contributed by atoms with Crippen molar-refractivity contribution in [2.45, 2.75) is 0 Å². The summed E-state index contributed by atoms with van der Waals surface area (Å²) in [6.45, 7) is 0. The molecule has 0 radical (unpaired) electrons. The van der Waals surface area contributed by atoms with Gasteiger partial charge in [-0.05, 0) is 24.3 Å². The maximum atomic E-state index is 8.82. The third-order valence-electron chi connectivity index (χ3n) is 2.13. The Bertz CT molecular complexity index is 564. The third kappa shape index (κ3) is 1.55. The highest BCUT2D eigenvalue weighted by atomic mass is 35.5. The Balaban J connectivity index is 2.58. The van der Waals surface area contributed by atoms with Crippen molar-refractivity contribution in [1.29, 1.82) is 5.26 Å². The molecule has 0 atom stereocenters. The Morgan fingerprint density at radius 1 is 1.25 bits per heavy atom. The van der Waals surface area contributed by atoms with Gasteiger partial charge < -0.3 is 11.5 Å². The minimum Gasteiger partial charge on any atom is -0.382 e. The van der Waals surface area contributed by atoms with Crippen molar-refractivity contribution >= 4 is 23.2 Å². The van der Waals surface area contributed by atoms with Gasteiger partial charge in [-0.1, -0.05) is 11.6 Å². The van der Waals surface area contributed by atoms with E-state index in [1.165, 1.54) is 4.68 Å². The topological polar surface area (TPSA) is 93.6 Å². The summed E-state index contributed by atoms with van der Waals surface area (Å²) in [6.07, 6.45) is 0. The first-order valence-electron chi connectivity index (χ1n) is 4.43. The van der Waals surface area contributed by atoms with Crippen molar-refractivity contribution in [2.75, 3.05) is 11.5 Å². The van der Waals surface area contributed by atoms with Crippen LogP contribution in [-0.2, 0) is 0 Å². The summed E-state index contributed by atoms with van der Waals surface area (Å²) in [5, 5.41) is 13.4. The highest BCUT2D eigenvalue weighted by Gasteiger charge is 2.13. The number of nitrogens with zero attached hydrogens (tertiary/aromatic N) is 3. The van der Waals surface area contributed by atoms with Crippen molar-refractivity contribution in [3.05, 3.63) is 34.9 Å². The number of benzene rings is 1. The molecule has 0 unspecified atom stereocenters. The molecule has 0 aliphatic rings. The summed E-state index contributed by atoms with van der Waals surface area (Å²) in [5.41, 5.74) is 12.2. The average molecular weight is 234 g/mol. The Hall–Kier alpha value is -2.19. The standard InChI is InChI=1S/C10H8ClN5/c11-6-1-3-7(4-2-6)16-10(14)8(5-12)9(13)15-16/h1-4H,14H2,(H2,13,15). The van der Waals surface area contributed by atoms with E-state index in [1.807, 2.05) is 6.07 Å². The van der Waals surface area contributed by atoms with Gasteiger partial charge in [0.25, 0.3) is 0 Å². The smallest absolute Gasteiger partial charge is 0.166 e. The van der Waals surface area contributed by atoms with E-state index in [0.29, 0.717) is 10.7 Å². The van der Waals surface area contributed by atoms with Crippen LogP contribution >= 0.6 is 11.6 Å². The average Bonchev–Trinajstić information content (AvgIpc) is 2.55. The Morgan fingerprint density at radius 3 is 2.38 bits per heavy atom. The second-order valence-electron chi connectivity index (χ2n) is 3.15. The summed E-state index contributed by atoms with van der Waals surface area (Å²) in [7, 11) is 0. The van der Waals surface area contributed by atoms with E-state index in [-0.39, 0.29) is 17.2 Å². The fraction of sp³-hybridized carbons (Fsp3) is 0. The number of rotatable bonds is 1. The molecule has 80 valence electrons. The van der Waals surface area contributed by atoms with Crippen LogP contribution in [0.25, 0.3) is 5.69 Å². The zero-order valence-corrected chi connectivity index (χ0v) is 8.94. The second kappa shape index (κ2) is 3.76. The molecule has 0 saturated heterocycles. The first kappa shape index (κ1) is 10.3. The van der Waals surface area contributed by atoms with E-state index in [1.54, 1.807) is 24.3 Å². The Kier molecular flexibility index (Phi) is 2.43. The van der Waals surface area contributed by atoms with Gasteiger partial charge in [-0.15, -0.1) is 5.10 Å². The van der Waals surface area contributed by atoms with Crippen LogP contribution in [0, 0.1) is 11.3 Å². The minimum atomic E-state index is 0.120. The fourth-order valence-electron chi connectivity index (χ4n) is 1.34. The van der Waals surface area contributed by atoms with Gasteiger partial charge >= 0.3 is 0 Å². The molecule has 0 amide bonds. The fourth-order valence-corrected chi connectivity index (χ4v) is 1.47. The first-order valence-corrected chi connectivity index (χ1v) is 4.81. The lowest BCUT2D eigenvalue weighted by molar-refractivity contribution is 0.897. The van der Waals surface area contributed by atoms with Crippen LogP contribution in [0.5, 0.6) is 0 Å². The molecule has 1 aromatic heterocycles. The quantitative estimate of drug-likeness (QED) is 0.782. The maximum Gasteiger partial charge on any atom is 0.166 e. The molecule has 1 aromatic carbocycles.